The maximum Gasteiger partial charge on any atom is 0.271 e. The van der Waals surface area contributed by atoms with Gasteiger partial charge in [0.25, 0.3) is 5.69 Å². The Labute approximate surface area is 261 Å². The van der Waals surface area contributed by atoms with Gasteiger partial charge in [-0.15, -0.1) is 0 Å². The average Bonchev–Trinajstić information content (AvgIpc) is 2.96. The molecule has 44 heavy (non-hydrogen) atoms. The van der Waals surface area contributed by atoms with Crippen LogP contribution in [0.2, 0.25) is 5.02 Å². The lowest BCUT2D eigenvalue weighted by atomic mass is 9.68. The summed E-state index contributed by atoms with van der Waals surface area (Å²) in [6, 6.07) is 17.8. The lowest BCUT2D eigenvalue weighted by molar-refractivity contribution is -0.384. The number of allylic oxidation sites excluding steroid dienone is 3. The number of carbonyl (C=O) groups excluding carboxylic acids is 1. The number of ketones is 1. The number of benzene rings is 3. The molecule has 5 rings (SSSR count). The van der Waals surface area contributed by atoms with Gasteiger partial charge in [0.15, 0.2) is 5.78 Å². The fourth-order valence-corrected chi connectivity index (χ4v) is 6.43. The topological polar surface area (TPSA) is 132 Å². The van der Waals surface area contributed by atoms with Crippen LogP contribution in [-0.2, 0) is 11.4 Å². The molecule has 0 saturated heterocycles. The zero-order chi connectivity index (χ0) is 31.9. The number of nitrogens with zero attached hydrogens (tertiary/aromatic N) is 3. The summed E-state index contributed by atoms with van der Waals surface area (Å²) in [5.74, 6) is 0.660. The predicted molar refractivity (Wildman–Crippen MR) is 168 cm³/mol. The van der Waals surface area contributed by atoms with Crippen molar-refractivity contribution in [3.8, 4) is 17.6 Å². The Kier molecular flexibility index (Phi) is 8.15. The van der Waals surface area contributed by atoms with Gasteiger partial charge >= 0.3 is 0 Å². The van der Waals surface area contributed by atoms with Crippen LogP contribution in [0.15, 0.2) is 77.3 Å². The van der Waals surface area contributed by atoms with Crippen molar-refractivity contribution in [3.63, 3.8) is 0 Å². The maximum atomic E-state index is 14.0. The number of ether oxygens (including phenoxy) is 2. The smallest absolute Gasteiger partial charge is 0.271 e. The first-order chi connectivity index (χ1) is 20.9. The van der Waals surface area contributed by atoms with E-state index in [9.17, 15) is 20.2 Å². The second-order valence-electron chi connectivity index (χ2n) is 12.0. The van der Waals surface area contributed by atoms with Gasteiger partial charge in [0, 0.05) is 35.4 Å². The number of nitro benzene ring substituents is 1. The molecule has 9 nitrogen and oxygen atoms in total. The van der Waals surface area contributed by atoms with E-state index in [1.807, 2.05) is 58.0 Å². The minimum Gasteiger partial charge on any atom is -0.496 e. The van der Waals surface area contributed by atoms with Gasteiger partial charge in [-0.05, 0) is 60.6 Å². The minimum atomic E-state index is -0.739. The Balaban J connectivity index is 1.66. The van der Waals surface area contributed by atoms with E-state index in [-0.39, 0.29) is 40.9 Å². The van der Waals surface area contributed by atoms with Crippen molar-refractivity contribution in [2.24, 2.45) is 11.1 Å². The van der Waals surface area contributed by atoms with E-state index in [2.05, 4.69) is 6.07 Å². The molecule has 226 valence electrons. The van der Waals surface area contributed by atoms with Crippen LogP contribution in [0, 0.1) is 40.7 Å². The molecular weight excluding hydrogens is 580 g/mol. The van der Waals surface area contributed by atoms with Crippen molar-refractivity contribution in [1.82, 2.24) is 0 Å². The van der Waals surface area contributed by atoms with Crippen LogP contribution in [0.4, 0.5) is 11.4 Å². The van der Waals surface area contributed by atoms with Gasteiger partial charge in [-0.2, -0.15) is 5.26 Å². The summed E-state index contributed by atoms with van der Waals surface area (Å²) < 4.78 is 11.9. The summed E-state index contributed by atoms with van der Waals surface area (Å²) in [6.45, 7) is 8.16. The number of aryl methyl sites for hydroxylation is 2. The first-order valence-electron chi connectivity index (χ1n) is 14.1. The Morgan fingerprint density at radius 2 is 1.84 bits per heavy atom. The molecule has 1 unspecified atom stereocenters. The number of Topliss-reactive ketones (excluding diaryl/α,β-unsaturated/α-hetero) is 1. The number of carbonyl (C=O) groups is 1. The summed E-state index contributed by atoms with van der Waals surface area (Å²) >= 11 is 6.57. The number of hydrogen-bond acceptors (Lipinski definition) is 8. The van der Waals surface area contributed by atoms with Crippen molar-refractivity contribution in [2.75, 3.05) is 12.0 Å². The van der Waals surface area contributed by atoms with E-state index in [0.717, 1.165) is 22.4 Å². The summed E-state index contributed by atoms with van der Waals surface area (Å²) in [6.07, 6.45) is 0.747. The Morgan fingerprint density at radius 1 is 1.14 bits per heavy atom. The van der Waals surface area contributed by atoms with Crippen molar-refractivity contribution >= 4 is 28.8 Å². The zero-order valence-corrected chi connectivity index (χ0v) is 26.0. The van der Waals surface area contributed by atoms with Gasteiger partial charge in [-0.1, -0.05) is 49.7 Å². The summed E-state index contributed by atoms with van der Waals surface area (Å²) in [7, 11) is 1.58. The van der Waals surface area contributed by atoms with Crippen molar-refractivity contribution in [3.05, 3.63) is 115 Å². The quantitative estimate of drug-likeness (QED) is 0.216. The predicted octanol–water partition coefficient (Wildman–Crippen LogP) is 7.39. The summed E-state index contributed by atoms with van der Waals surface area (Å²) in [4.78, 5) is 26.4. The van der Waals surface area contributed by atoms with Crippen LogP contribution in [-0.4, -0.2) is 17.8 Å². The Hall–Kier alpha value is -4.81. The first-order valence-corrected chi connectivity index (χ1v) is 14.5. The van der Waals surface area contributed by atoms with E-state index in [1.165, 1.54) is 18.2 Å². The highest BCUT2D eigenvalue weighted by atomic mass is 35.5. The third-order valence-corrected chi connectivity index (χ3v) is 8.49. The molecule has 1 atom stereocenters. The standard InChI is InChI=1S/C34H33ClN4O5/c1-19-7-6-8-20(2)32(19)44-18-22-13-21(9-12-29(22)43-5)30-24(17-36)33(37)38(26-11-10-23(39(41)42)14-25(26)35)27-15-34(3,4)16-28(40)31(27)30/h6-14,30H,15-16,18,37H2,1-5H3. The van der Waals surface area contributed by atoms with Gasteiger partial charge in [0.05, 0.1) is 40.3 Å². The zero-order valence-electron chi connectivity index (χ0n) is 25.2. The number of rotatable bonds is 7. The number of halogens is 1. The molecule has 3 aromatic rings. The third kappa shape index (κ3) is 5.49. The molecule has 0 amide bonds. The number of para-hydroxylation sites is 1. The Bertz CT molecular complexity index is 1780. The van der Waals surface area contributed by atoms with Gasteiger partial charge in [-0.3, -0.25) is 19.8 Å². The van der Waals surface area contributed by atoms with E-state index >= 15 is 0 Å². The number of nitrogens with two attached hydrogens (primary N) is 1. The van der Waals surface area contributed by atoms with Crippen molar-refractivity contribution < 1.29 is 19.2 Å². The number of non-ortho nitro benzene ring substituents is 1. The number of methoxy groups -OCH3 is 1. The van der Waals surface area contributed by atoms with Gasteiger partial charge < -0.3 is 15.2 Å². The van der Waals surface area contributed by atoms with Gasteiger partial charge in [-0.25, -0.2) is 0 Å². The van der Waals surface area contributed by atoms with Crippen LogP contribution in [0.3, 0.4) is 0 Å². The monoisotopic (exact) mass is 612 g/mol. The summed E-state index contributed by atoms with van der Waals surface area (Å²) in [5.41, 5.74) is 11.2. The van der Waals surface area contributed by atoms with Crippen LogP contribution in [0.5, 0.6) is 11.5 Å². The normalized spacial score (nSPS) is 17.7. The fourth-order valence-electron chi connectivity index (χ4n) is 6.18. The molecule has 0 bridgehead atoms. The SMILES string of the molecule is COc1ccc(C2C(C#N)=C(N)N(c3ccc([N+](=O)[O-])cc3Cl)C3=C2C(=O)CC(C)(C)C3)cc1COc1c(C)cccc1C. The van der Waals surface area contributed by atoms with Crippen LogP contribution < -0.4 is 20.1 Å². The second kappa shape index (κ2) is 11.7. The highest BCUT2D eigenvalue weighted by Crippen LogP contribution is 2.51. The van der Waals surface area contributed by atoms with Gasteiger partial charge in [0.1, 0.15) is 23.9 Å². The average molecular weight is 613 g/mol. The lowest BCUT2D eigenvalue weighted by Crippen LogP contribution is -2.42. The molecule has 0 aromatic heterocycles. The second-order valence-corrected chi connectivity index (χ2v) is 12.4. The van der Waals surface area contributed by atoms with Crippen LogP contribution in [0.1, 0.15) is 54.9 Å². The maximum absolute atomic E-state index is 14.0. The fraction of sp³-hybridized carbons (Fsp3) is 0.294. The number of hydrogen-bond donors (Lipinski definition) is 1. The van der Waals surface area contributed by atoms with Crippen molar-refractivity contribution in [2.45, 2.75) is 53.1 Å². The summed E-state index contributed by atoms with van der Waals surface area (Å²) in [5, 5.41) is 21.9. The van der Waals surface area contributed by atoms with Gasteiger partial charge in [0.2, 0.25) is 0 Å². The highest BCUT2D eigenvalue weighted by Gasteiger charge is 2.45. The van der Waals surface area contributed by atoms with Crippen molar-refractivity contribution in [1.29, 1.82) is 5.26 Å². The van der Waals surface area contributed by atoms with Crippen LogP contribution >= 0.6 is 11.6 Å². The molecular formula is C34H33ClN4O5. The minimum absolute atomic E-state index is 0.0796. The molecule has 0 spiro atoms. The molecule has 0 fully saturated rings. The van der Waals surface area contributed by atoms with E-state index in [4.69, 9.17) is 26.8 Å². The number of nitro groups is 1. The largest absolute Gasteiger partial charge is 0.496 e. The molecule has 0 saturated carbocycles. The third-order valence-electron chi connectivity index (χ3n) is 8.18. The molecule has 0 radical (unpaired) electrons. The van der Waals surface area contributed by atoms with E-state index in [1.54, 1.807) is 18.1 Å². The molecule has 1 aliphatic heterocycles. The molecule has 2 N–H and O–H groups in total. The Morgan fingerprint density at radius 3 is 2.45 bits per heavy atom. The van der Waals surface area contributed by atoms with E-state index in [0.29, 0.717) is 34.7 Å². The lowest BCUT2D eigenvalue weighted by Gasteiger charge is -2.44. The number of nitriles is 1. The molecule has 2 aliphatic rings. The molecule has 3 aromatic carbocycles. The highest BCUT2D eigenvalue weighted by molar-refractivity contribution is 6.33. The molecule has 1 heterocycles. The first kappa shape index (κ1) is 30.6. The number of anilines is 1. The van der Waals surface area contributed by atoms with Crippen LogP contribution in [0.25, 0.3) is 0 Å². The molecule has 10 heteroatoms. The molecule has 1 aliphatic carbocycles. The van der Waals surface area contributed by atoms with E-state index < -0.39 is 16.3 Å².